The van der Waals surface area contributed by atoms with Crippen molar-refractivity contribution >= 4 is 29.2 Å². The highest BCUT2D eigenvalue weighted by atomic mass is 35.5. The van der Waals surface area contributed by atoms with E-state index in [1.807, 2.05) is 0 Å². The highest BCUT2D eigenvalue weighted by Crippen LogP contribution is 2.44. The van der Waals surface area contributed by atoms with Gasteiger partial charge in [0.15, 0.2) is 0 Å². The third-order valence-corrected chi connectivity index (χ3v) is 4.04. The number of nitrogens with one attached hydrogen (secondary N) is 1. The van der Waals surface area contributed by atoms with Gasteiger partial charge in [-0.15, -0.1) is 13.2 Å². The van der Waals surface area contributed by atoms with Crippen LogP contribution in [0.5, 0.6) is 5.75 Å². The topological polar surface area (TPSA) is 53.9 Å². The number of alkyl halides is 3. The number of aliphatic imine (C=N–C) groups is 1. The molecule has 1 aliphatic rings. The maximum absolute atomic E-state index is 12.3. The molecule has 0 bridgehead atoms. The third kappa shape index (κ3) is 3.88. The fraction of sp³-hybridized carbons (Fsp3) is 0.235. The molecule has 0 radical (unpaired) electrons. The van der Waals surface area contributed by atoms with Crippen LogP contribution in [0.1, 0.15) is 5.56 Å². The van der Waals surface area contributed by atoms with E-state index in [1.54, 1.807) is 12.3 Å². The average Bonchev–Trinajstić information content (AvgIpc) is 2.56. The van der Waals surface area contributed by atoms with E-state index in [2.05, 4.69) is 15.0 Å². The fourth-order valence-corrected chi connectivity index (χ4v) is 2.99. The van der Waals surface area contributed by atoms with E-state index in [4.69, 9.17) is 11.6 Å². The van der Waals surface area contributed by atoms with Crippen molar-refractivity contribution in [1.29, 1.82) is 0 Å². The molecule has 2 aromatic rings. The maximum Gasteiger partial charge on any atom is 0.573 e. The van der Waals surface area contributed by atoms with Crippen molar-refractivity contribution in [3.05, 3.63) is 40.9 Å². The predicted octanol–water partition coefficient (Wildman–Crippen LogP) is 4.57. The summed E-state index contributed by atoms with van der Waals surface area (Å²) in [6, 6.07) is 7.27. The van der Waals surface area contributed by atoms with Gasteiger partial charge in [-0.25, -0.2) is 0 Å². The Bertz CT molecular complexity index is 805. The van der Waals surface area contributed by atoms with Crippen LogP contribution < -0.4 is 10.1 Å². The molecule has 2 aromatic carbocycles. The molecule has 25 heavy (non-hydrogen) atoms. The van der Waals surface area contributed by atoms with Crippen LogP contribution in [0.3, 0.4) is 0 Å². The fourth-order valence-electron chi connectivity index (χ4n) is 2.70. The van der Waals surface area contributed by atoms with Gasteiger partial charge in [0.2, 0.25) is 0 Å². The number of benzene rings is 2. The lowest BCUT2D eigenvalue weighted by Crippen LogP contribution is -2.17. The molecule has 0 saturated heterocycles. The smallest absolute Gasteiger partial charge is 0.406 e. The molecular formula is C17H14ClF3N2O2. The summed E-state index contributed by atoms with van der Waals surface area (Å²) >= 11 is 6.33. The molecule has 4 nitrogen and oxygen atoms in total. The third-order valence-electron chi connectivity index (χ3n) is 3.70. The number of fused-ring (bicyclic) bond motifs is 1. The number of ether oxygens (including phenoxy) is 1. The first-order chi connectivity index (χ1) is 11.9. The van der Waals surface area contributed by atoms with Crippen LogP contribution in [-0.4, -0.2) is 30.8 Å². The van der Waals surface area contributed by atoms with E-state index in [9.17, 15) is 18.3 Å². The Hall–Kier alpha value is -2.25. The van der Waals surface area contributed by atoms with Crippen molar-refractivity contribution in [3.8, 4) is 16.9 Å². The Balaban J connectivity index is 2.03. The number of hydrogen-bond donors (Lipinski definition) is 2. The molecule has 3 rings (SSSR count). The number of halogens is 4. The largest absolute Gasteiger partial charge is 0.573 e. The second-order valence-electron chi connectivity index (χ2n) is 5.35. The van der Waals surface area contributed by atoms with Crippen LogP contribution in [-0.2, 0) is 6.42 Å². The standard InChI is InChI=1S/C17H14ClF3N2O2/c18-14-9-13(10-1-3-11(4-2-10)25-17(19,20)21)16-15(12(14)5-8-24)22-6-7-23-16/h1-4,6,9,23-24H,5,7-8H2. The van der Waals surface area contributed by atoms with Crippen LogP contribution in [0.15, 0.2) is 35.3 Å². The molecule has 2 N–H and O–H groups in total. The first-order valence-electron chi connectivity index (χ1n) is 7.48. The highest BCUT2D eigenvalue weighted by Gasteiger charge is 2.31. The van der Waals surface area contributed by atoms with E-state index in [0.717, 1.165) is 16.8 Å². The molecule has 0 spiro atoms. The number of nitrogens with zero attached hydrogens (tertiary/aromatic N) is 1. The van der Waals surface area contributed by atoms with E-state index in [1.165, 1.54) is 24.3 Å². The average molecular weight is 371 g/mol. The number of aliphatic hydroxyl groups excluding tert-OH is 1. The molecule has 1 aliphatic heterocycles. The molecule has 0 fully saturated rings. The summed E-state index contributed by atoms with van der Waals surface area (Å²) in [6.07, 6.45) is -2.67. The van der Waals surface area contributed by atoms with Gasteiger partial charge in [0.25, 0.3) is 0 Å². The van der Waals surface area contributed by atoms with Crippen molar-refractivity contribution in [3.63, 3.8) is 0 Å². The van der Waals surface area contributed by atoms with Gasteiger partial charge in [-0.2, -0.15) is 0 Å². The van der Waals surface area contributed by atoms with Gasteiger partial charge in [-0.05, 0) is 30.2 Å². The predicted molar refractivity (Wildman–Crippen MR) is 91.0 cm³/mol. The summed E-state index contributed by atoms with van der Waals surface area (Å²) in [6.45, 7) is 0.458. The zero-order valence-electron chi connectivity index (χ0n) is 12.9. The van der Waals surface area contributed by atoms with Crippen molar-refractivity contribution in [2.45, 2.75) is 12.8 Å². The molecule has 8 heteroatoms. The number of anilines is 1. The second kappa shape index (κ2) is 6.93. The van der Waals surface area contributed by atoms with Crippen molar-refractivity contribution < 1.29 is 23.0 Å². The Morgan fingerprint density at radius 1 is 1.24 bits per heavy atom. The van der Waals surface area contributed by atoms with Crippen molar-refractivity contribution in [1.82, 2.24) is 0 Å². The minimum absolute atomic E-state index is 0.0650. The quantitative estimate of drug-likeness (QED) is 0.829. The molecular weight excluding hydrogens is 357 g/mol. The SMILES string of the molecule is OCCc1c(Cl)cc(-c2ccc(OC(F)(F)F)cc2)c2c1N=CCN2. The highest BCUT2D eigenvalue weighted by molar-refractivity contribution is 6.32. The monoisotopic (exact) mass is 370 g/mol. The molecule has 132 valence electrons. The normalized spacial score (nSPS) is 13.3. The number of hydrogen-bond acceptors (Lipinski definition) is 4. The lowest BCUT2D eigenvalue weighted by Gasteiger charge is -2.21. The van der Waals surface area contributed by atoms with E-state index < -0.39 is 6.36 Å². The molecule has 0 unspecified atom stereocenters. The van der Waals surface area contributed by atoms with Gasteiger partial charge in [-0.1, -0.05) is 23.7 Å². The summed E-state index contributed by atoms with van der Waals surface area (Å²) in [5.74, 6) is -0.293. The van der Waals surface area contributed by atoms with Gasteiger partial charge < -0.3 is 15.2 Å². The van der Waals surface area contributed by atoms with Crippen molar-refractivity contribution in [2.24, 2.45) is 4.99 Å². The minimum Gasteiger partial charge on any atom is -0.406 e. The molecule has 0 aliphatic carbocycles. The number of rotatable bonds is 4. The molecule has 1 heterocycles. The molecule has 0 atom stereocenters. The summed E-state index contributed by atoms with van der Waals surface area (Å²) in [7, 11) is 0. The van der Waals surface area contributed by atoms with Crippen molar-refractivity contribution in [2.75, 3.05) is 18.5 Å². The zero-order chi connectivity index (χ0) is 18.0. The Morgan fingerprint density at radius 2 is 1.96 bits per heavy atom. The van der Waals surface area contributed by atoms with Crippen LogP contribution in [0.25, 0.3) is 11.1 Å². The lowest BCUT2D eigenvalue weighted by molar-refractivity contribution is -0.274. The maximum atomic E-state index is 12.3. The summed E-state index contributed by atoms with van der Waals surface area (Å²) < 4.78 is 40.7. The molecule has 0 aromatic heterocycles. The van der Waals surface area contributed by atoms with Gasteiger partial charge >= 0.3 is 6.36 Å². The summed E-state index contributed by atoms with van der Waals surface area (Å²) in [5, 5.41) is 12.9. The van der Waals surface area contributed by atoms with Gasteiger partial charge in [-0.3, -0.25) is 4.99 Å². The summed E-state index contributed by atoms with van der Waals surface area (Å²) in [4.78, 5) is 4.37. The lowest BCUT2D eigenvalue weighted by atomic mass is 9.97. The van der Waals surface area contributed by atoms with Crippen LogP contribution in [0.4, 0.5) is 24.5 Å². The Morgan fingerprint density at radius 3 is 2.60 bits per heavy atom. The first-order valence-corrected chi connectivity index (χ1v) is 7.85. The van der Waals surface area contributed by atoms with Crippen LogP contribution in [0, 0.1) is 0 Å². The molecule has 0 saturated carbocycles. The summed E-state index contributed by atoms with van der Waals surface area (Å²) in [5.41, 5.74) is 3.49. The second-order valence-corrected chi connectivity index (χ2v) is 5.75. The van der Waals surface area contributed by atoms with Gasteiger partial charge in [0.1, 0.15) is 5.75 Å². The Labute approximate surface area is 146 Å². The first kappa shape index (κ1) is 17.6. The van der Waals surface area contributed by atoms with Gasteiger partial charge in [0, 0.05) is 29.0 Å². The number of aliphatic hydroxyl groups is 1. The van der Waals surface area contributed by atoms with E-state index >= 15 is 0 Å². The van der Waals surface area contributed by atoms with Crippen LogP contribution >= 0.6 is 11.6 Å². The van der Waals surface area contributed by atoms with E-state index in [0.29, 0.717) is 29.2 Å². The van der Waals surface area contributed by atoms with Gasteiger partial charge in [0.05, 0.1) is 17.9 Å². The van der Waals surface area contributed by atoms with E-state index in [-0.39, 0.29) is 12.4 Å². The zero-order valence-corrected chi connectivity index (χ0v) is 13.7. The minimum atomic E-state index is -4.73. The molecule has 0 amide bonds. The van der Waals surface area contributed by atoms with Crippen LogP contribution in [0.2, 0.25) is 5.02 Å². The Kier molecular flexibility index (Phi) is 4.87.